The summed E-state index contributed by atoms with van der Waals surface area (Å²) >= 11 is 1.73. The third kappa shape index (κ3) is 3.45. The summed E-state index contributed by atoms with van der Waals surface area (Å²) in [5.41, 5.74) is 5.84. The molecule has 1 aromatic carbocycles. The Kier molecular flexibility index (Phi) is 4.39. The van der Waals surface area contributed by atoms with Gasteiger partial charge in [0, 0.05) is 16.2 Å². The van der Waals surface area contributed by atoms with Crippen LogP contribution in [0.25, 0.3) is 0 Å². The molecule has 1 heterocycles. The van der Waals surface area contributed by atoms with E-state index in [4.69, 9.17) is 5.84 Å². The number of nitrogens with zero attached hydrogens (tertiary/aromatic N) is 2. The quantitative estimate of drug-likeness (QED) is 0.510. The van der Waals surface area contributed by atoms with Gasteiger partial charge in [0.2, 0.25) is 0 Å². The van der Waals surface area contributed by atoms with Gasteiger partial charge in [-0.05, 0) is 32.9 Å². The molecule has 0 radical (unpaired) electrons. The van der Waals surface area contributed by atoms with Crippen LogP contribution in [0.1, 0.15) is 22.6 Å². The van der Waals surface area contributed by atoms with Gasteiger partial charge in [0.25, 0.3) is 0 Å². The Hall–Kier alpha value is -1.59. The lowest BCUT2D eigenvalue weighted by molar-refractivity contribution is 0.968. The number of aryl methyl sites for hydroxylation is 2. The highest BCUT2D eigenvalue weighted by molar-refractivity contribution is 7.98. The fourth-order valence-corrected chi connectivity index (χ4v) is 2.61. The van der Waals surface area contributed by atoms with Crippen molar-refractivity contribution in [3.05, 3.63) is 46.9 Å². The fraction of sp³-hybridized carbons (Fsp3) is 0.286. The van der Waals surface area contributed by atoms with E-state index in [2.05, 4.69) is 46.6 Å². The van der Waals surface area contributed by atoms with Crippen molar-refractivity contribution in [2.45, 2.75) is 31.4 Å². The van der Waals surface area contributed by atoms with Gasteiger partial charge >= 0.3 is 0 Å². The van der Waals surface area contributed by atoms with Crippen LogP contribution in [0, 0.1) is 20.8 Å². The lowest BCUT2D eigenvalue weighted by Gasteiger charge is -2.09. The summed E-state index contributed by atoms with van der Waals surface area (Å²) in [7, 11) is 0. The van der Waals surface area contributed by atoms with Crippen LogP contribution in [0.2, 0.25) is 0 Å². The Bertz CT molecular complexity index is 584. The van der Waals surface area contributed by atoms with E-state index in [1.807, 2.05) is 13.8 Å². The predicted octanol–water partition coefficient (Wildman–Crippen LogP) is 2.98. The fourth-order valence-electron chi connectivity index (χ4n) is 1.74. The molecule has 5 heteroatoms. The average molecular weight is 274 g/mol. The Balaban J connectivity index is 2.13. The van der Waals surface area contributed by atoms with Crippen LogP contribution in [0.5, 0.6) is 0 Å². The molecular formula is C14H18N4S. The molecule has 2 rings (SSSR count). The van der Waals surface area contributed by atoms with Gasteiger partial charge in [0.05, 0.1) is 5.75 Å². The normalized spacial score (nSPS) is 10.5. The monoisotopic (exact) mass is 274 g/mol. The van der Waals surface area contributed by atoms with E-state index >= 15 is 0 Å². The Morgan fingerprint density at radius 3 is 2.68 bits per heavy atom. The van der Waals surface area contributed by atoms with E-state index in [1.165, 1.54) is 10.5 Å². The molecule has 0 aliphatic heterocycles. The van der Waals surface area contributed by atoms with Crippen molar-refractivity contribution in [3.8, 4) is 0 Å². The topological polar surface area (TPSA) is 63.8 Å². The van der Waals surface area contributed by atoms with Gasteiger partial charge in [-0.3, -0.25) is 0 Å². The maximum atomic E-state index is 5.47. The highest BCUT2D eigenvalue weighted by atomic mass is 32.2. The van der Waals surface area contributed by atoms with Gasteiger partial charge in [-0.15, -0.1) is 11.8 Å². The second-order valence-corrected chi connectivity index (χ2v) is 5.50. The number of nitrogen functional groups attached to an aromatic ring is 1. The molecule has 0 amide bonds. The van der Waals surface area contributed by atoms with Gasteiger partial charge in [-0.25, -0.2) is 15.8 Å². The summed E-state index contributed by atoms with van der Waals surface area (Å²) in [5.74, 6) is 7.70. The van der Waals surface area contributed by atoms with Crippen molar-refractivity contribution in [3.63, 3.8) is 0 Å². The zero-order chi connectivity index (χ0) is 13.8. The summed E-state index contributed by atoms with van der Waals surface area (Å²) in [5, 5.41) is 0. The summed E-state index contributed by atoms with van der Waals surface area (Å²) in [6.45, 7) is 6.02. The molecule has 2 aromatic rings. The maximum Gasteiger partial charge on any atom is 0.146 e. The van der Waals surface area contributed by atoms with E-state index in [-0.39, 0.29) is 0 Å². The molecule has 0 unspecified atom stereocenters. The van der Waals surface area contributed by atoms with E-state index < -0.39 is 0 Å². The molecule has 1 aromatic heterocycles. The number of nitrogens with one attached hydrogen (secondary N) is 1. The number of hydrogen-bond acceptors (Lipinski definition) is 5. The number of rotatable bonds is 4. The molecule has 100 valence electrons. The summed E-state index contributed by atoms with van der Waals surface area (Å²) < 4.78 is 0. The first-order valence-corrected chi connectivity index (χ1v) is 7.09. The van der Waals surface area contributed by atoms with Crippen LogP contribution in [-0.2, 0) is 5.75 Å². The SMILES string of the molecule is Cc1cccc(SCc2nc(C)c(C)c(NN)n2)c1. The first-order valence-electron chi connectivity index (χ1n) is 6.10. The lowest BCUT2D eigenvalue weighted by atomic mass is 10.2. The van der Waals surface area contributed by atoms with E-state index in [1.54, 1.807) is 11.8 Å². The lowest BCUT2D eigenvalue weighted by Crippen LogP contribution is -2.13. The van der Waals surface area contributed by atoms with Crippen LogP contribution >= 0.6 is 11.8 Å². The third-order valence-corrected chi connectivity index (χ3v) is 3.92. The Morgan fingerprint density at radius 1 is 1.21 bits per heavy atom. The summed E-state index contributed by atoms with van der Waals surface area (Å²) in [6, 6.07) is 8.41. The van der Waals surface area contributed by atoms with Crippen molar-refractivity contribution in [2.75, 3.05) is 5.43 Å². The first kappa shape index (κ1) is 13.8. The highest BCUT2D eigenvalue weighted by Gasteiger charge is 2.07. The number of hydrogen-bond donors (Lipinski definition) is 2. The molecule has 4 nitrogen and oxygen atoms in total. The standard InChI is InChI=1S/C14H18N4S/c1-9-5-4-6-12(7-9)19-8-13-16-11(3)10(2)14(17-13)18-15/h4-7H,8,15H2,1-3H3,(H,16,17,18). The summed E-state index contributed by atoms with van der Waals surface area (Å²) in [6.07, 6.45) is 0. The van der Waals surface area contributed by atoms with E-state index in [0.29, 0.717) is 5.82 Å². The molecular weight excluding hydrogens is 256 g/mol. The van der Waals surface area contributed by atoms with Crippen molar-refractivity contribution in [1.82, 2.24) is 9.97 Å². The minimum atomic E-state index is 0.701. The molecule has 0 aliphatic rings. The van der Waals surface area contributed by atoms with E-state index in [9.17, 15) is 0 Å². The van der Waals surface area contributed by atoms with Crippen LogP contribution < -0.4 is 11.3 Å². The zero-order valence-electron chi connectivity index (χ0n) is 11.4. The van der Waals surface area contributed by atoms with Crippen LogP contribution in [-0.4, -0.2) is 9.97 Å². The minimum absolute atomic E-state index is 0.701. The van der Waals surface area contributed by atoms with E-state index in [0.717, 1.165) is 22.8 Å². The van der Waals surface area contributed by atoms with Crippen molar-refractivity contribution >= 4 is 17.6 Å². The van der Waals surface area contributed by atoms with Gasteiger partial charge in [0.15, 0.2) is 0 Å². The van der Waals surface area contributed by atoms with Crippen LogP contribution in [0.4, 0.5) is 5.82 Å². The minimum Gasteiger partial charge on any atom is -0.308 e. The second kappa shape index (κ2) is 6.04. The number of thioether (sulfide) groups is 1. The molecule has 0 saturated carbocycles. The van der Waals surface area contributed by atoms with Crippen molar-refractivity contribution < 1.29 is 0 Å². The number of anilines is 1. The smallest absolute Gasteiger partial charge is 0.146 e. The molecule has 0 aliphatic carbocycles. The molecule has 0 bridgehead atoms. The molecule has 0 saturated heterocycles. The van der Waals surface area contributed by atoms with Gasteiger partial charge in [-0.2, -0.15) is 0 Å². The number of benzene rings is 1. The van der Waals surface area contributed by atoms with Gasteiger partial charge in [-0.1, -0.05) is 17.7 Å². The molecule has 0 fully saturated rings. The Labute approximate surface area is 117 Å². The molecule has 3 N–H and O–H groups in total. The van der Waals surface area contributed by atoms with Gasteiger partial charge in [0.1, 0.15) is 11.6 Å². The van der Waals surface area contributed by atoms with Crippen molar-refractivity contribution in [2.24, 2.45) is 5.84 Å². The third-order valence-electron chi connectivity index (χ3n) is 2.93. The second-order valence-electron chi connectivity index (χ2n) is 4.45. The van der Waals surface area contributed by atoms with Gasteiger partial charge < -0.3 is 5.43 Å². The molecule has 0 atom stereocenters. The molecule has 19 heavy (non-hydrogen) atoms. The number of nitrogens with two attached hydrogens (primary N) is 1. The highest BCUT2D eigenvalue weighted by Crippen LogP contribution is 2.23. The van der Waals surface area contributed by atoms with Crippen LogP contribution in [0.15, 0.2) is 29.2 Å². The predicted molar refractivity (Wildman–Crippen MR) is 80.1 cm³/mol. The number of hydrazine groups is 1. The van der Waals surface area contributed by atoms with Crippen LogP contribution in [0.3, 0.4) is 0 Å². The molecule has 0 spiro atoms. The number of aromatic nitrogens is 2. The first-order chi connectivity index (χ1) is 9.10. The summed E-state index contributed by atoms with van der Waals surface area (Å²) in [4.78, 5) is 10.1. The zero-order valence-corrected chi connectivity index (χ0v) is 12.2. The largest absolute Gasteiger partial charge is 0.308 e. The average Bonchev–Trinajstić information content (AvgIpc) is 2.40. The maximum absolute atomic E-state index is 5.47. The Morgan fingerprint density at radius 2 is 2.00 bits per heavy atom. The van der Waals surface area contributed by atoms with Crippen molar-refractivity contribution in [1.29, 1.82) is 0 Å².